The van der Waals surface area contributed by atoms with Gasteiger partial charge in [-0.15, -0.1) is 0 Å². The molecular weight excluding hydrogens is 302 g/mol. The van der Waals surface area contributed by atoms with Crippen LogP contribution in [0.15, 0.2) is 22.7 Å². The smallest absolute Gasteiger partial charge is 0.119 e. The zero-order chi connectivity index (χ0) is 14.3. The van der Waals surface area contributed by atoms with E-state index in [1.165, 1.54) is 5.56 Å². The second-order valence-corrected chi connectivity index (χ2v) is 7.44. The third-order valence-electron chi connectivity index (χ3n) is 5.24. The van der Waals surface area contributed by atoms with Crippen LogP contribution in [0, 0.1) is 16.7 Å². The van der Waals surface area contributed by atoms with E-state index in [4.69, 9.17) is 4.74 Å². The maximum atomic E-state index is 5.27. The second kappa shape index (κ2) is 5.10. The van der Waals surface area contributed by atoms with Gasteiger partial charge < -0.3 is 10.1 Å². The summed E-state index contributed by atoms with van der Waals surface area (Å²) in [7, 11) is 1.70. The maximum Gasteiger partial charge on any atom is 0.119 e. The summed E-state index contributed by atoms with van der Waals surface area (Å²) in [6.07, 6.45) is 0. The van der Waals surface area contributed by atoms with E-state index in [0.717, 1.165) is 29.2 Å². The van der Waals surface area contributed by atoms with Gasteiger partial charge in [0.15, 0.2) is 0 Å². The summed E-state index contributed by atoms with van der Waals surface area (Å²) in [6.45, 7) is 11.4. The van der Waals surface area contributed by atoms with E-state index < -0.39 is 0 Å². The monoisotopic (exact) mass is 325 g/mol. The first-order valence-corrected chi connectivity index (χ1v) is 7.63. The Morgan fingerprint density at radius 3 is 2.37 bits per heavy atom. The van der Waals surface area contributed by atoms with Gasteiger partial charge in [-0.3, -0.25) is 0 Å². The Balaban J connectivity index is 1.90. The highest BCUT2D eigenvalue weighted by Gasteiger charge is 2.63. The fraction of sp³-hybridized carbons (Fsp3) is 0.625. The van der Waals surface area contributed by atoms with Crippen LogP contribution >= 0.6 is 15.9 Å². The lowest BCUT2D eigenvalue weighted by atomic mass is 10.0. The lowest BCUT2D eigenvalue weighted by Gasteiger charge is -2.09. The molecule has 1 fully saturated rings. The van der Waals surface area contributed by atoms with E-state index in [1.807, 2.05) is 12.1 Å². The summed E-state index contributed by atoms with van der Waals surface area (Å²) in [5, 5.41) is 3.58. The lowest BCUT2D eigenvalue weighted by Crippen LogP contribution is -2.19. The summed E-state index contributed by atoms with van der Waals surface area (Å²) in [4.78, 5) is 0. The summed E-state index contributed by atoms with van der Waals surface area (Å²) >= 11 is 3.59. The molecule has 106 valence electrons. The van der Waals surface area contributed by atoms with Crippen molar-refractivity contribution >= 4 is 15.9 Å². The molecule has 0 aliphatic heterocycles. The molecule has 1 aromatic rings. The molecule has 0 aromatic heterocycles. The van der Waals surface area contributed by atoms with Gasteiger partial charge >= 0.3 is 0 Å². The largest absolute Gasteiger partial charge is 0.497 e. The van der Waals surface area contributed by atoms with Gasteiger partial charge in [0, 0.05) is 11.0 Å². The first-order valence-electron chi connectivity index (χ1n) is 6.84. The highest BCUT2D eigenvalue weighted by atomic mass is 79.9. The Morgan fingerprint density at radius 2 is 1.84 bits per heavy atom. The number of nitrogens with one attached hydrogen (secondary N) is 1. The molecule has 0 radical (unpaired) electrons. The molecule has 1 aromatic carbocycles. The SMILES string of the molecule is COc1ccc(Br)c(CNCC2C(C)(C)C2(C)C)c1. The van der Waals surface area contributed by atoms with Crippen LogP contribution < -0.4 is 10.1 Å². The molecule has 1 aliphatic rings. The molecule has 1 aliphatic carbocycles. The topological polar surface area (TPSA) is 21.3 Å². The molecular formula is C16H24BrNO. The Labute approximate surface area is 125 Å². The van der Waals surface area contributed by atoms with Gasteiger partial charge in [-0.25, -0.2) is 0 Å². The number of benzene rings is 1. The van der Waals surface area contributed by atoms with Crippen LogP contribution in [0.5, 0.6) is 5.75 Å². The summed E-state index contributed by atoms with van der Waals surface area (Å²) in [6, 6.07) is 6.10. The highest BCUT2D eigenvalue weighted by molar-refractivity contribution is 9.10. The molecule has 0 heterocycles. The van der Waals surface area contributed by atoms with Crippen molar-refractivity contribution in [1.82, 2.24) is 5.32 Å². The molecule has 0 saturated heterocycles. The minimum atomic E-state index is 0.450. The van der Waals surface area contributed by atoms with E-state index in [0.29, 0.717) is 10.8 Å². The maximum absolute atomic E-state index is 5.27. The van der Waals surface area contributed by atoms with Crippen LogP contribution in [0.1, 0.15) is 33.3 Å². The van der Waals surface area contributed by atoms with Crippen LogP contribution in [0.2, 0.25) is 0 Å². The molecule has 0 unspecified atom stereocenters. The minimum absolute atomic E-state index is 0.450. The fourth-order valence-electron chi connectivity index (χ4n) is 3.01. The standard InChI is InChI=1S/C16H24BrNO/c1-15(2)14(16(15,3)4)10-18-9-11-8-12(19-5)6-7-13(11)17/h6-8,14,18H,9-10H2,1-5H3. The normalized spacial score (nSPS) is 20.3. The Bertz CT molecular complexity index is 454. The fourth-order valence-corrected chi connectivity index (χ4v) is 3.40. The van der Waals surface area contributed by atoms with E-state index in [-0.39, 0.29) is 0 Å². The quantitative estimate of drug-likeness (QED) is 0.874. The second-order valence-electron chi connectivity index (χ2n) is 6.58. The average molecular weight is 326 g/mol. The predicted octanol–water partition coefficient (Wildman–Crippen LogP) is 4.23. The van der Waals surface area contributed by atoms with Gasteiger partial charge in [-0.1, -0.05) is 43.6 Å². The van der Waals surface area contributed by atoms with Crippen molar-refractivity contribution in [1.29, 1.82) is 0 Å². The number of hydrogen-bond donors (Lipinski definition) is 1. The first kappa shape index (κ1) is 14.9. The highest BCUT2D eigenvalue weighted by Crippen LogP contribution is 2.67. The predicted molar refractivity (Wildman–Crippen MR) is 83.5 cm³/mol. The molecule has 0 atom stereocenters. The van der Waals surface area contributed by atoms with Crippen LogP contribution in [-0.4, -0.2) is 13.7 Å². The van der Waals surface area contributed by atoms with Gasteiger partial charge in [0.2, 0.25) is 0 Å². The third-order valence-corrected chi connectivity index (χ3v) is 6.01. The molecule has 2 rings (SSSR count). The zero-order valence-electron chi connectivity index (χ0n) is 12.5. The number of halogens is 1. The van der Waals surface area contributed by atoms with Crippen molar-refractivity contribution in [3.8, 4) is 5.75 Å². The molecule has 1 saturated carbocycles. The van der Waals surface area contributed by atoms with E-state index in [2.05, 4.69) is 55.0 Å². The van der Waals surface area contributed by atoms with E-state index in [9.17, 15) is 0 Å². The van der Waals surface area contributed by atoms with Gasteiger partial charge in [0.05, 0.1) is 7.11 Å². The molecule has 0 spiro atoms. The first-order chi connectivity index (χ1) is 8.80. The average Bonchev–Trinajstić information content (AvgIpc) is 2.73. The van der Waals surface area contributed by atoms with Crippen molar-refractivity contribution in [3.05, 3.63) is 28.2 Å². The summed E-state index contributed by atoms with van der Waals surface area (Å²) in [5.41, 5.74) is 2.15. The van der Waals surface area contributed by atoms with Crippen LogP contribution in [0.25, 0.3) is 0 Å². The molecule has 0 bridgehead atoms. The van der Waals surface area contributed by atoms with Crippen molar-refractivity contribution in [2.75, 3.05) is 13.7 Å². The number of hydrogen-bond acceptors (Lipinski definition) is 2. The van der Waals surface area contributed by atoms with E-state index >= 15 is 0 Å². The van der Waals surface area contributed by atoms with Gasteiger partial charge in [0.1, 0.15) is 5.75 Å². The van der Waals surface area contributed by atoms with Gasteiger partial charge in [-0.05, 0) is 47.1 Å². The van der Waals surface area contributed by atoms with Gasteiger partial charge in [0.25, 0.3) is 0 Å². The third kappa shape index (κ3) is 2.68. The number of rotatable bonds is 5. The van der Waals surface area contributed by atoms with Crippen molar-refractivity contribution in [3.63, 3.8) is 0 Å². The Hall–Kier alpha value is -0.540. The minimum Gasteiger partial charge on any atom is -0.497 e. The van der Waals surface area contributed by atoms with Crippen LogP contribution in [0.3, 0.4) is 0 Å². The van der Waals surface area contributed by atoms with Crippen molar-refractivity contribution in [2.24, 2.45) is 16.7 Å². The van der Waals surface area contributed by atoms with Crippen LogP contribution in [-0.2, 0) is 6.54 Å². The molecule has 1 N–H and O–H groups in total. The lowest BCUT2D eigenvalue weighted by molar-refractivity contribution is 0.414. The Kier molecular flexibility index (Phi) is 3.99. The van der Waals surface area contributed by atoms with Gasteiger partial charge in [-0.2, -0.15) is 0 Å². The summed E-state index contributed by atoms with van der Waals surface area (Å²) in [5.74, 6) is 1.66. The summed E-state index contributed by atoms with van der Waals surface area (Å²) < 4.78 is 6.40. The zero-order valence-corrected chi connectivity index (χ0v) is 14.1. The molecule has 0 amide bonds. The Morgan fingerprint density at radius 1 is 1.21 bits per heavy atom. The van der Waals surface area contributed by atoms with Crippen molar-refractivity contribution < 1.29 is 4.74 Å². The van der Waals surface area contributed by atoms with Crippen LogP contribution in [0.4, 0.5) is 0 Å². The number of methoxy groups -OCH3 is 1. The molecule has 2 nitrogen and oxygen atoms in total. The van der Waals surface area contributed by atoms with Crippen molar-refractivity contribution in [2.45, 2.75) is 34.2 Å². The molecule has 3 heteroatoms. The number of ether oxygens (including phenoxy) is 1. The van der Waals surface area contributed by atoms with E-state index in [1.54, 1.807) is 7.11 Å². The molecule has 19 heavy (non-hydrogen) atoms.